The number of aromatic nitrogens is 1. The third kappa shape index (κ3) is 3.39. The molecular formula is C16H24N4O2. The molecule has 0 spiro atoms. The smallest absolute Gasteiger partial charge is 0.255 e. The van der Waals surface area contributed by atoms with E-state index >= 15 is 0 Å². The topological polar surface area (TPSA) is 59.9 Å². The number of nitrogens with zero attached hydrogens (tertiary/aromatic N) is 4. The van der Waals surface area contributed by atoms with E-state index in [9.17, 15) is 4.79 Å². The molecule has 22 heavy (non-hydrogen) atoms. The summed E-state index contributed by atoms with van der Waals surface area (Å²) < 4.78 is 0. The van der Waals surface area contributed by atoms with Gasteiger partial charge in [-0.15, -0.1) is 0 Å². The Morgan fingerprint density at radius 2 is 1.82 bits per heavy atom. The van der Waals surface area contributed by atoms with E-state index in [0.29, 0.717) is 5.56 Å². The van der Waals surface area contributed by atoms with Crippen LogP contribution in [0.4, 0.5) is 5.82 Å². The van der Waals surface area contributed by atoms with Crippen LogP contribution in [0, 0.1) is 0 Å². The largest absolute Gasteiger partial charge is 0.395 e. The predicted molar refractivity (Wildman–Crippen MR) is 85.1 cm³/mol. The van der Waals surface area contributed by atoms with Gasteiger partial charge < -0.3 is 14.9 Å². The van der Waals surface area contributed by atoms with Crippen LogP contribution < -0.4 is 4.90 Å². The maximum Gasteiger partial charge on any atom is 0.255 e. The monoisotopic (exact) mass is 304 g/mol. The number of β-amino-alcohol motifs (C(OH)–C–C–N with tert-alkyl or cyclic N) is 1. The lowest BCUT2D eigenvalue weighted by molar-refractivity contribution is 0.0792. The average molecular weight is 304 g/mol. The number of hydrogen-bond acceptors (Lipinski definition) is 5. The zero-order chi connectivity index (χ0) is 15.4. The molecule has 0 bridgehead atoms. The summed E-state index contributed by atoms with van der Waals surface area (Å²) in [5.41, 5.74) is 0.685. The molecule has 0 atom stereocenters. The zero-order valence-corrected chi connectivity index (χ0v) is 12.9. The van der Waals surface area contributed by atoms with Crippen LogP contribution in [-0.4, -0.2) is 78.2 Å². The number of hydrogen-bond donors (Lipinski definition) is 1. The van der Waals surface area contributed by atoms with Crippen LogP contribution in [-0.2, 0) is 0 Å². The van der Waals surface area contributed by atoms with E-state index in [2.05, 4.69) is 14.8 Å². The van der Waals surface area contributed by atoms with Crippen molar-refractivity contribution in [1.29, 1.82) is 0 Å². The molecule has 1 aromatic rings. The van der Waals surface area contributed by atoms with E-state index in [1.807, 2.05) is 17.0 Å². The second kappa shape index (κ2) is 7.07. The van der Waals surface area contributed by atoms with E-state index in [1.54, 1.807) is 6.20 Å². The molecule has 1 aromatic heterocycles. The first-order chi connectivity index (χ1) is 10.8. The summed E-state index contributed by atoms with van der Waals surface area (Å²) in [6.45, 7) is 6.39. The van der Waals surface area contributed by atoms with Crippen molar-refractivity contribution in [1.82, 2.24) is 14.8 Å². The number of likely N-dealkylation sites (tertiary alicyclic amines) is 1. The van der Waals surface area contributed by atoms with E-state index < -0.39 is 0 Å². The molecular weight excluding hydrogens is 280 g/mol. The number of piperazine rings is 1. The molecule has 120 valence electrons. The second-order valence-electron chi connectivity index (χ2n) is 5.96. The number of aliphatic hydroxyl groups is 1. The average Bonchev–Trinajstić information content (AvgIpc) is 3.10. The minimum Gasteiger partial charge on any atom is -0.395 e. The second-order valence-corrected chi connectivity index (χ2v) is 5.96. The van der Waals surface area contributed by atoms with Gasteiger partial charge in [-0.1, -0.05) is 0 Å². The highest BCUT2D eigenvalue weighted by atomic mass is 16.3. The van der Waals surface area contributed by atoms with Gasteiger partial charge in [-0.3, -0.25) is 9.69 Å². The fraction of sp³-hybridized carbons (Fsp3) is 0.625. The number of carbonyl (C=O) groups is 1. The minimum absolute atomic E-state index is 0.101. The summed E-state index contributed by atoms with van der Waals surface area (Å²) in [4.78, 5) is 23.2. The van der Waals surface area contributed by atoms with Crippen molar-refractivity contribution in [2.75, 3.05) is 57.3 Å². The standard InChI is InChI=1S/C16H24N4O2/c21-12-11-18-7-9-19(10-8-18)15-4-3-14(13-17-15)16(22)20-5-1-2-6-20/h3-4,13,21H,1-2,5-12H2. The van der Waals surface area contributed by atoms with Crippen LogP contribution in [0.15, 0.2) is 18.3 Å². The lowest BCUT2D eigenvalue weighted by Crippen LogP contribution is -2.47. The van der Waals surface area contributed by atoms with Crippen molar-refractivity contribution in [2.45, 2.75) is 12.8 Å². The fourth-order valence-corrected chi connectivity index (χ4v) is 3.14. The molecule has 0 saturated carbocycles. The molecule has 6 nitrogen and oxygen atoms in total. The molecule has 2 aliphatic rings. The number of carbonyl (C=O) groups excluding carboxylic acids is 1. The summed E-state index contributed by atoms with van der Waals surface area (Å²) in [7, 11) is 0. The third-order valence-electron chi connectivity index (χ3n) is 4.50. The van der Waals surface area contributed by atoms with Gasteiger partial charge in [0, 0.05) is 52.0 Å². The highest BCUT2D eigenvalue weighted by Crippen LogP contribution is 2.16. The number of aliphatic hydroxyl groups excluding tert-OH is 1. The first kappa shape index (κ1) is 15.2. The number of pyridine rings is 1. The molecule has 3 heterocycles. The van der Waals surface area contributed by atoms with Gasteiger partial charge in [-0.2, -0.15) is 0 Å². The van der Waals surface area contributed by atoms with Gasteiger partial charge in [0.05, 0.1) is 12.2 Å². The Bertz CT molecular complexity index is 491. The lowest BCUT2D eigenvalue weighted by atomic mass is 10.2. The van der Waals surface area contributed by atoms with Crippen molar-refractivity contribution in [2.24, 2.45) is 0 Å². The SMILES string of the molecule is O=C(c1ccc(N2CCN(CCO)CC2)nc1)N1CCCC1. The molecule has 0 aliphatic carbocycles. The summed E-state index contributed by atoms with van der Waals surface area (Å²) in [6, 6.07) is 3.84. The molecule has 0 unspecified atom stereocenters. The Kier molecular flexibility index (Phi) is 4.90. The van der Waals surface area contributed by atoms with Crippen molar-refractivity contribution < 1.29 is 9.90 Å². The highest BCUT2D eigenvalue weighted by Gasteiger charge is 2.21. The molecule has 1 amide bonds. The van der Waals surface area contributed by atoms with Crippen LogP contribution in [0.1, 0.15) is 23.2 Å². The maximum atomic E-state index is 12.3. The number of rotatable bonds is 4. The summed E-state index contributed by atoms with van der Waals surface area (Å²) in [5, 5.41) is 8.97. The van der Waals surface area contributed by atoms with Gasteiger partial charge in [0.15, 0.2) is 0 Å². The van der Waals surface area contributed by atoms with Crippen molar-refractivity contribution in [3.05, 3.63) is 23.9 Å². The Labute approximate surface area is 131 Å². The van der Waals surface area contributed by atoms with Gasteiger partial charge in [0.2, 0.25) is 0 Å². The minimum atomic E-state index is 0.101. The summed E-state index contributed by atoms with van der Waals surface area (Å²) in [5.74, 6) is 1.03. The van der Waals surface area contributed by atoms with Crippen LogP contribution >= 0.6 is 0 Å². The molecule has 0 aromatic carbocycles. The molecule has 3 rings (SSSR count). The molecule has 6 heteroatoms. The maximum absolute atomic E-state index is 12.3. The molecule has 1 N–H and O–H groups in total. The van der Waals surface area contributed by atoms with E-state index in [-0.39, 0.29) is 12.5 Å². The van der Waals surface area contributed by atoms with Crippen LogP contribution in [0.25, 0.3) is 0 Å². The molecule has 2 fully saturated rings. The highest BCUT2D eigenvalue weighted by molar-refractivity contribution is 5.94. The van der Waals surface area contributed by atoms with Crippen LogP contribution in [0.2, 0.25) is 0 Å². The Hall–Kier alpha value is -1.66. The Morgan fingerprint density at radius 3 is 2.41 bits per heavy atom. The van der Waals surface area contributed by atoms with Crippen molar-refractivity contribution >= 4 is 11.7 Å². The predicted octanol–water partition coefficient (Wildman–Crippen LogP) is 0.432. The fourth-order valence-electron chi connectivity index (χ4n) is 3.14. The van der Waals surface area contributed by atoms with Crippen molar-refractivity contribution in [3.63, 3.8) is 0 Å². The molecule has 2 saturated heterocycles. The van der Waals surface area contributed by atoms with E-state index in [1.165, 1.54) is 0 Å². The van der Waals surface area contributed by atoms with E-state index in [0.717, 1.165) is 64.5 Å². The van der Waals surface area contributed by atoms with Crippen LogP contribution in [0.5, 0.6) is 0 Å². The summed E-state index contributed by atoms with van der Waals surface area (Å²) >= 11 is 0. The first-order valence-electron chi connectivity index (χ1n) is 8.11. The van der Waals surface area contributed by atoms with Gasteiger partial charge in [-0.05, 0) is 25.0 Å². The molecule has 0 radical (unpaired) electrons. The zero-order valence-electron chi connectivity index (χ0n) is 12.9. The normalized spacial score (nSPS) is 19.7. The van der Waals surface area contributed by atoms with Crippen molar-refractivity contribution in [3.8, 4) is 0 Å². The number of anilines is 1. The Morgan fingerprint density at radius 1 is 1.09 bits per heavy atom. The quantitative estimate of drug-likeness (QED) is 0.874. The molecule has 2 aliphatic heterocycles. The van der Waals surface area contributed by atoms with Gasteiger partial charge in [0.25, 0.3) is 5.91 Å². The Balaban J connectivity index is 1.58. The number of amides is 1. The van der Waals surface area contributed by atoms with Gasteiger partial charge >= 0.3 is 0 Å². The van der Waals surface area contributed by atoms with Crippen LogP contribution in [0.3, 0.4) is 0 Å². The first-order valence-corrected chi connectivity index (χ1v) is 8.11. The summed E-state index contributed by atoms with van der Waals surface area (Å²) in [6.07, 6.45) is 3.92. The van der Waals surface area contributed by atoms with Gasteiger partial charge in [-0.25, -0.2) is 4.98 Å². The lowest BCUT2D eigenvalue weighted by Gasteiger charge is -2.35. The van der Waals surface area contributed by atoms with E-state index in [4.69, 9.17) is 5.11 Å². The van der Waals surface area contributed by atoms with Gasteiger partial charge in [0.1, 0.15) is 5.82 Å². The third-order valence-corrected chi connectivity index (χ3v) is 4.50.